The summed E-state index contributed by atoms with van der Waals surface area (Å²) in [5.41, 5.74) is 0. The molecule has 0 unspecified atom stereocenters. The fourth-order valence-corrected chi connectivity index (χ4v) is 1.47. The van der Waals surface area contributed by atoms with Crippen molar-refractivity contribution in [3.63, 3.8) is 0 Å². The second kappa shape index (κ2) is 18.6. The molecule has 2 nitrogen and oxygen atoms in total. The van der Waals surface area contributed by atoms with Gasteiger partial charge in [-0.2, -0.15) is 0 Å². The molecule has 0 N–H and O–H groups in total. The number of carbonyl (C=O) groups excluding carboxylic acids is 2. The summed E-state index contributed by atoms with van der Waals surface area (Å²) < 4.78 is 0. The third kappa shape index (κ3) is 17.6. The molecule has 0 heterocycles. The molecule has 88 valence electrons. The Hall–Kier alpha value is 1.22. The monoisotopic (exact) mass is 304 g/mol. The van der Waals surface area contributed by atoms with Gasteiger partial charge in [-0.3, -0.25) is 4.79 Å². The van der Waals surface area contributed by atoms with E-state index in [1.54, 1.807) is 0 Å². The number of rotatable bonds is 10. The fraction of sp³-hybridized carbons (Fsp3) is 0.833. The molecule has 0 saturated heterocycles. The molecule has 0 amide bonds. The molecule has 0 aromatic rings. The molecule has 0 aromatic heterocycles. The van der Waals surface area contributed by atoms with Crippen molar-refractivity contribution in [1.82, 2.24) is 0 Å². The van der Waals surface area contributed by atoms with Crippen molar-refractivity contribution >= 4 is 49.8 Å². The average molecular weight is 306 g/mol. The maximum atomic E-state index is 10.9. The standard InChI is InChI=1S/C12H22O2.Ca.Zn.2H/c1-2-3-4-5-6-7-8-9-12(14)10-11-13;;;;/h11H,2-10H2,1H3;;;;. The van der Waals surface area contributed by atoms with Gasteiger partial charge in [-0.15, -0.1) is 0 Å². The summed E-state index contributed by atoms with van der Waals surface area (Å²) in [5.74, 6) is 0.0913. The predicted octanol–water partition coefficient (Wildman–Crippen LogP) is 2.37. The molecule has 16 heavy (non-hydrogen) atoms. The van der Waals surface area contributed by atoms with Crippen molar-refractivity contribution in [2.75, 3.05) is 0 Å². The van der Waals surface area contributed by atoms with Gasteiger partial charge in [0.1, 0.15) is 12.1 Å². The van der Waals surface area contributed by atoms with Crippen LogP contribution in [0.4, 0.5) is 0 Å². The number of hydrogen-bond acceptors (Lipinski definition) is 2. The largest absolute Gasteiger partial charge is 0 e. The Kier molecular flexibility index (Phi) is 26.0. The first-order valence-corrected chi connectivity index (χ1v) is 5.76. The Morgan fingerprint density at radius 1 is 1.00 bits per heavy atom. The third-order valence-corrected chi connectivity index (χ3v) is 2.37. The quantitative estimate of drug-likeness (QED) is 0.269. The van der Waals surface area contributed by atoms with Crippen LogP contribution in [0.15, 0.2) is 0 Å². The Balaban J connectivity index is -0.000000845. The summed E-state index contributed by atoms with van der Waals surface area (Å²) in [6, 6.07) is 0. The molecule has 0 saturated carbocycles. The van der Waals surface area contributed by atoms with Crippen LogP contribution in [0.3, 0.4) is 0 Å². The van der Waals surface area contributed by atoms with Crippen molar-refractivity contribution in [3.8, 4) is 0 Å². The van der Waals surface area contributed by atoms with Crippen LogP contribution in [0.25, 0.3) is 0 Å². The Morgan fingerprint density at radius 3 is 2.00 bits per heavy atom. The van der Waals surface area contributed by atoms with Gasteiger partial charge in [0.25, 0.3) is 0 Å². The van der Waals surface area contributed by atoms with Gasteiger partial charge in [0.15, 0.2) is 0 Å². The molecule has 0 spiro atoms. The average Bonchev–Trinajstić information content (AvgIpc) is 2.17. The van der Waals surface area contributed by atoms with Crippen LogP contribution >= 0.6 is 0 Å². The van der Waals surface area contributed by atoms with Gasteiger partial charge in [0, 0.05) is 25.9 Å². The van der Waals surface area contributed by atoms with E-state index < -0.39 is 0 Å². The van der Waals surface area contributed by atoms with E-state index in [2.05, 4.69) is 6.92 Å². The van der Waals surface area contributed by atoms with E-state index in [1.807, 2.05) is 0 Å². The van der Waals surface area contributed by atoms with Crippen LogP contribution in [0.2, 0.25) is 0 Å². The normalized spacial score (nSPS) is 8.81. The van der Waals surface area contributed by atoms with Crippen molar-refractivity contribution in [2.24, 2.45) is 0 Å². The first kappa shape index (κ1) is 22.4. The Bertz CT molecular complexity index is 163. The number of aldehydes is 1. The molecule has 0 atom stereocenters. The number of unbranched alkanes of at least 4 members (excludes halogenated alkanes) is 6. The van der Waals surface area contributed by atoms with E-state index in [9.17, 15) is 9.59 Å². The second-order valence-electron chi connectivity index (χ2n) is 3.78. The van der Waals surface area contributed by atoms with Crippen LogP contribution < -0.4 is 0 Å². The molecule has 0 aliphatic carbocycles. The van der Waals surface area contributed by atoms with E-state index in [1.165, 1.54) is 32.1 Å². The van der Waals surface area contributed by atoms with E-state index in [4.69, 9.17) is 0 Å². The third-order valence-electron chi connectivity index (χ3n) is 2.37. The van der Waals surface area contributed by atoms with Gasteiger partial charge < -0.3 is 4.79 Å². The molecule has 0 fully saturated rings. The van der Waals surface area contributed by atoms with E-state index in [0.29, 0.717) is 12.7 Å². The zero-order chi connectivity index (χ0) is 10.6. The fourth-order valence-electron chi connectivity index (χ4n) is 1.47. The van der Waals surface area contributed by atoms with Gasteiger partial charge in [-0.05, 0) is 6.42 Å². The molecule has 0 bridgehead atoms. The van der Waals surface area contributed by atoms with Crippen molar-refractivity contribution in [2.45, 2.75) is 64.7 Å². The predicted molar refractivity (Wildman–Crippen MR) is 66.8 cm³/mol. The summed E-state index contributed by atoms with van der Waals surface area (Å²) in [6.45, 7) is 2.21. The first-order valence-electron chi connectivity index (χ1n) is 5.76. The topological polar surface area (TPSA) is 34.1 Å². The Labute approximate surface area is 142 Å². The van der Waals surface area contributed by atoms with Crippen LogP contribution in [0.1, 0.15) is 64.7 Å². The van der Waals surface area contributed by atoms with Gasteiger partial charge in [0.05, 0.1) is 6.42 Å². The minimum absolute atomic E-state index is 0. The van der Waals surface area contributed by atoms with Gasteiger partial charge >= 0.3 is 37.7 Å². The van der Waals surface area contributed by atoms with E-state index in [0.717, 1.165) is 12.8 Å². The molecular formula is C12H24CaO2Zn. The van der Waals surface area contributed by atoms with Crippen molar-refractivity contribution in [1.29, 1.82) is 0 Å². The minimum Gasteiger partial charge on any atom is 0 e. The molecule has 0 rings (SSSR count). The number of Topliss-reactive ketones (excluding diaryl/α,β-unsaturated/α-hetero) is 1. The summed E-state index contributed by atoms with van der Waals surface area (Å²) in [6.07, 6.45) is 9.92. The summed E-state index contributed by atoms with van der Waals surface area (Å²) >= 11 is 0. The van der Waals surface area contributed by atoms with Gasteiger partial charge in [-0.1, -0.05) is 45.4 Å². The summed E-state index contributed by atoms with van der Waals surface area (Å²) in [7, 11) is 0. The second-order valence-corrected chi connectivity index (χ2v) is 3.78. The number of carbonyl (C=O) groups is 2. The zero-order valence-electron chi connectivity index (χ0n) is 9.96. The van der Waals surface area contributed by atoms with Gasteiger partial charge in [0.2, 0.25) is 0 Å². The molecular weight excluding hydrogens is 282 g/mol. The maximum Gasteiger partial charge on any atom is 0 e. The van der Waals surface area contributed by atoms with Gasteiger partial charge in [-0.25, -0.2) is 0 Å². The number of hydrogen-bond donors (Lipinski definition) is 0. The maximum absolute atomic E-state index is 10.9. The van der Waals surface area contributed by atoms with Crippen molar-refractivity contribution < 1.29 is 29.1 Å². The van der Waals surface area contributed by atoms with Crippen LogP contribution in [-0.2, 0) is 29.1 Å². The first-order chi connectivity index (χ1) is 6.81. The Morgan fingerprint density at radius 2 is 1.50 bits per heavy atom. The van der Waals surface area contributed by atoms with Crippen LogP contribution in [0, 0.1) is 0 Å². The molecule has 0 radical (unpaired) electrons. The van der Waals surface area contributed by atoms with E-state index >= 15 is 0 Å². The van der Waals surface area contributed by atoms with Crippen LogP contribution in [0.5, 0.6) is 0 Å². The molecule has 0 aromatic carbocycles. The smallest absolute Gasteiger partial charge is 0 e. The van der Waals surface area contributed by atoms with E-state index in [-0.39, 0.29) is 69.4 Å². The molecule has 4 heteroatoms. The SMILES string of the molecule is CCCCCCCCCC(=O)CC=O.[CaH2].[Zn]. The summed E-state index contributed by atoms with van der Waals surface area (Å²) in [5, 5.41) is 0. The molecule has 0 aliphatic rings. The van der Waals surface area contributed by atoms with Crippen molar-refractivity contribution in [3.05, 3.63) is 0 Å². The number of ketones is 1. The summed E-state index contributed by atoms with van der Waals surface area (Å²) in [4.78, 5) is 20.9. The molecule has 0 aliphatic heterocycles. The minimum atomic E-state index is 0. The zero-order valence-corrected chi connectivity index (χ0v) is 12.9. The van der Waals surface area contributed by atoms with Crippen LogP contribution in [-0.4, -0.2) is 49.8 Å².